The Bertz CT molecular complexity index is 1260. The highest BCUT2D eigenvalue weighted by molar-refractivity contribution is 5.89. The minimum atomic E-state index is -4.51. The van der Waals surface area contributed by atoms with Gasteiger partial charge in [0, 0.05) is 56.3 Å². The van der Waals surface area contributed by atoms with Crippen LogP contribution in [0.25, 0.3) is 0 Å². The number of nitrogens with zero attached hydrogens (tertiary/aromatic N) is 3. The maximum absolute atomic E-state index is 13.9. The van der Waals surface area contributed by atoms with Crippen LogP contribution in [0.4, 0.5) is 23.2 Å². The average Bonchev–Trinajstić information content (AvgIpc) is 3.78. The number of nitrogens with one attached hydrogen (secondary N) is 1. The molecule has 1 aromatic heterocycles. The van der Waals surface area contributed by atoms with Gasteiger partial charge in [-0.1, -0.05) is 0 Å². The van der Waals surface area contributed by atoms with Gasteiger partial charge < -0.3 is 20.1 Å². The average molecular weight is 565 g/mol. The highest BCUT2D eigenvalue weighted by Gasteiger charge is 2.54. The minimum absolute atomic E-state index is 0.0420. The number of aromatic nitrogens is 1. The molecule has 0 spiro atoms. The number of alkyl halides is 3. The van der Waals surface area contributed by atoms with Crippen LogP contribution in [-0.2, 0) is 22.3 Å². The molecule has 216 valence electrons. The molecule has 40 heavy (non-hydrogen) atoms. The number of hydrogen-bond acceptors (Lipinski definition) is 6. The van der Waals surface area contributed by atoms with Crippen LogP contribution in [0, 0.1) is 11.7 Å². The number of hydrogen-bond donors (Lipinski definition) is 2. The summed E-state index contributed by atoms with van der Waals surface area (Å²) in [5.41, 5.74) is -1.27. The van der Waals surface area contributed by atoms with Crippen LogP contribution >= 0.6 is 0 Å². The zero-order valence-electron chi connectivity index (χ0n) is 22.1. The van der Waals surface area contributed by atoms with E-state index in [-0.39, 0.29) is 41.6 Å². The van der Waals surface area contributed by atoms with Gasteiger partial charge in [0.25, 0.3) is 5.91 Å². The summed E-state index contributed by atoms with van der Waals surface area (Å²) >= 11 is 0. The first-order chi connectivity index (χ1) is 19.0. The van der Waals surface area contributed by atoms with Crippen LogP contribution in [0.2, 0.25) is 0 Å². The third-order valence-electron chi connectivity index (χ3n) is 8.27. The van der Waals surface area contributed by atoms with Gasteiger partial charge in [-0.15, -0.1) is 0 Å². The summed E-state index contributed by atoms with van der Waals surface area (Å²) < 4.78 is 59.3. The topological polar surface area (TPSA) is 95.0 Å². The van der Waals surface area contributed by atoms with E-state index in [4.69, 9.17) is 4.74 Å². The second-order valence-corrected chi connectivity index (χ2v) is 10.9. The number of carboxylic acids is 1. The van der Waals surface area contributed by atoms with E-state index in [1.165, 1.54) is 18.3 Å². The minimum Gasteiger partial charge on any atom is -0.478 e. The lowest BCUT2D eigenvalue weighted by molar-refractivity contribution is -0.165. The van der Waals surface area contributed by atoms with E-state index in [1.54, 1.807) is 6.07 Å². The Labute approximate surface area is 229 Å². The van der Waals surface area contributed by atoms with Crippen LogP contribution in [-0.4, -0.2) is 70.8 Å². The Kier molecular flexibility index (Phi) is 7.75. The second kappa shape index (κ2) is 11.0. The highest BCUT2D eigenvalue weighted by Crippen LogP contribution is 2.47. The molecule has 0 bridgehead atoms. The first kappa shape index (κ1) is 28.3. The molecule has 0 unspecified atom stereocenters. The number of halogens is 4. The third-order valence-corrected chi connectivity index (χ3v) is 8.27. The number of aromatic carboxylic acids is 1. The fourth-order valence-electron chi connectivity index (χ4n) is 5.93. The van der Waals surface area contributed by atoms with Crippen molar-refractivity contribution in [1.82, 2.24) is 15.2 Å². The summed E-state index contributed by atoms with van der Waals surface area (Å²) in [4.78, 5) is 32.7. The predicted octanol–water partition coefficient (Wildman–Crippen LogP) is 4.09. The van der Waals surface area contributed by atoms with Crippen LogP contribution in [0.1, 0.15) is 54.1 Å². The van der Waals surface area contributed by atoms with E-state index in [1.807, 2.05) is 6.92 Å². The number of piperazine rings is 1. The SMILES string of the molecule is C[C@H]1CN([C@@H]2CC[C@@](C(=O)NCc3cncc(C(F)(F)F)c3)(C3CC3)OC2)CCN1c1ccc(F)c(C(=O)O)c1. The van der Waals surface area contributed by atoms with Gasteiger partial charge in [0.1, 0.15) is 11.4 Å². The molecule has 1 aromatic carbocycles. The Hall–Kier alpha value is -3.25. The number of carboxylic acid groups (broad SMARTS) is 1. The number of ether oxygens (including phenoxy) is 1. The van der Waals surface area contributed by atoms with Gasteiger partial charge >= 0.3 is 12.1 Å². The molecule has 8 nitrogen and oxygen atoms in total. The molecule has 2 aliphatic heterocycles. The van der Waals surface area contributed by atoms with Gasteiger partial charge in [0.2, 0.25) is 0 Å². The molecular weight excluding hydrogens is 532 g/mol. The molecule has 1 amide bonds. The van der Waals surface area contributed by atoms with Gasteiger partial charge in [-0.05, 0) is 68.4 Å². The molecule has 3 heterocycles. The number of anilines is 1. The Morgan fingerprint density at radius 3 is 2.58 bits per heavy atom. The summed E-state index contributed by atoms with van der Waals surface area (Å²) in [6, 6.07) is 5.27. The highest BCUT2D eigenvalue weighted by atomic mass is 19.4. The number of amides is 1. The normalized spacial score (nSPS) is 26.0. The van der Waals surface area contributed by atoms with Crippen LogP contribution < -0.4 is 10.2 Å². The molecule has 3 fully saturated rings. The van der Waals surface area contributed by atoms with E-state index in [2.05, 4.69) is 20.1 Å². The number of pyridine rings is 1. The molecule has 3 atom stereocenters. The van der Waals surface area contributed by atoms with Crippen LogP contribution in [0.3, 0.4) is 0 Å². The van der Waals surface area contributed by atoms with Crippen molar-refractivity contribution in [2.45, 2.75) is 63.0 Å². The first-order valence-corrected chi connectivity index (χ1v) is 13.4. The van der Waals surface area contributed by atoms with Crippen molar-refractivity contribution in [3.05, 3.63) is 59.2 Å². The van der Waals surface area contributed by atoms with Crippen molar-refractivity contribution in [1.29, 1.82) is 0 Å². The van der Waals surface area contributed by atoms with E-state index in [0.29, 0.717) is 38.3 Å². The predicted molar refractivity (Wildman–Crippen MR) is 137 cm³/mol. The van der Waals surface area contributed by atoms with Crippen LogP contribution in [0.15, 0.2) is 36.7 Å². The smallest absolute Gasteiger partial charge is 0.417 e. The summed E-state index contributed by atoms with van der Waals surface area (Å²) in [6.45, 7) is 4.35. The van der Waals surface area contributed by atoms with E-state index in [0.717, 1.165) is 31.5 Å². The largest absolute Gasteiger partial charge is 0.478 e. The maximum Gasteiger partial charge on any atom is 0.417 e. The zero-order chi connectivity index (χ0) is 28.7. The number of carbonyl (C=O) groups is 2. The second-order valence-electron chi connectivity index (χ2n) is 10.9. The van der Waals surface area contributed by atoms with Crippen molar-refractivity contribution >= 4 is 17.6 Å². The lowest BCUT2D eigenvalue weighted by Crippen LogP contribution is -2.60. The molecule has 5 rings (SSSR count). The van der Waals surface area contributed by atoms with Crippen molar-refractivity contribution in [3.8, 4) is 0 Å². The molecular formula is C28H32F4N4O4. The van der Waals surface area contributed by atoms with Gasteiger partial charge in [0.15, 0.2) is 0 Å². The van der Waals surface area contributed by atoms with Crippen molar-refractivity contribution in [2.75, 3.05) is 31.1 Å². The fourth-order valence-corrected chi connectivity index (χ4v) is 5.93. The number of carbonyl (C=O) groups excluding carboxylic acids is 1. The summed E-state index contributed by atoms with van der Waals surface area (Å²) in [6.07, 6.45) is 0.559. The number of rotatable bonds is 7. The quantitative estimate of drug-likeness (QED) is 0.490. The van der Waals surface area contributed by atoms with E-state index >= 15 is 0 Å². The molecule has 3 aliphatic rings. The lowest BCUT2D eigenvalue weighted by atomic mass is 9.85. The van der Waals surface area contributed by atoms with Gasteiger partial charge in [-0.25, -0.2) is 9.18 Å². The van der Waals surface area contributed by atoms with Crippen molar-refractivity contribution < 1.29 is 37.0 Å². The van der Waals surface area contributed by atoms with Crippen LogP contribution in [0.5, 0.6) is 0 Å². The van der Waals surface area contributed by atoms with Gasteiger partial charge in [0.05, 0.1) is 17.7 Å². The lowest BCUT2D eigenvalue weighted by Gasteiger charge is -2.48. The molecule has 0 radical (unpaired) electrons. The Balaban J connectivity index is 1.18. The van der Waals surface area contributed by atoms with E-state index in [9.17, 15) is 32.3 Å². The van der Waals surface area contributed by atoms with Gasteiger partial charge in [-0.3, -0.25) is 14.7 Å². The van der Waals surface area contributed by atoms with Crippen molar-refractivity contribution in [3.63, 3.8) is 0 Å². The summed E-state index contributed by atoms with van der Waals surface area (Å²) in [5.74, 6) is -2.28. The molecule has 2 N–H and O–H groups in total. The Morgan fingerprint density at radius 2 is 1.95 bits per heavy atom. The molecule has 12 heteroatoms. The molecule has 2 saturated heterocycles. The summed E-state index contributed by atoms with van der Waals surface area (Å²) in [5, 5.41) is 12.1. The van der Waals surface area contributed by atoms with E-state index < -0.39 is 29.1 Å². The monoisotopic (exact) mass is 564 g/mol. The summed E-state index contributed by atoms with van der Waals surface area (Å²) in [7, 11) is 0. The van der Waals surface area contributed by atoms with Gasteiger partial charge in [-0.2, -0.15) is 13.2 Å². The standard InChI is InChI=1S/C28H32F4N4O4/c1-17-15-35(8-9-36(17)21-4-5-24(29)23(11-21)25(37)38)22-6-7-27(40-16-22,19-2-3-19)26(39)34-13-18-10-20(14-33-12-18)28(30,31)32/h4-5,10-12,14,17,19,22H,2-3,6-9,13,15-16H2,1H3,(H,34,39)(H,37,38)/t17-,22+,27-/m0/s1. The maximum atomic E-state index is 13.9. The van der Waals surface area contributed by atoms with Crippen molar-refractivity contribution in [2.24, 2.45) is 5.92 Å². The first-order valence-electron chi connectivity index (χ1n) is 13.4. The molecule has 1 aliphatic carbocycles. The zero-order valence-corrected chi connectivity index (χ0v) is 22.1. The Morgan fingerprint density at radius 1 is 1.18 bits per heavy atom. The fraction of sp³-hybridized carbons (Fsp3) is 0.536. The third kappa shape index (κ3) is 5.78. The molecule has 1 saturated carbocycles. The molecule has 2 aromatic rings. The number of benzene rings is 1.